The molecular weight excluding hydrogens is 304 g/mol. The third-order valence-corrected chi connectivity index (χ3v) is 3.84. The Morgan fingerprint density at radius 1 is 0.583 bits per heavy atom. The van der Waals surface area contributed by atoms with Gasteiger partial charge < -0.3 is 9.47 Å². The summed E-state index contributed by atoms with van der Waals surface area (Å²) in [5.41, 5.74) is 0. The Hall–Kier alpha value is -1.32. The van der Waals surface area contributed by atoms with E-state index in [9.17, 15) is 9.59 Å². The van der Waals surface area contributed by atoms with Crippen LogP contribution in [-0.2, 0) is 19.1 Å². The lowest BCUT2D eigenvalue weighted by Crippen LogP contribution is -2.06. The zero-order chi connectivity index (χ0) is 17.9. The van der Waals surface area contributed by atoms with Crippen LogP contribution in [0.3, 0.4) is 0 Å². The van der Waals surface area contributed by atoms with Crippen LogP contribution in [0.5, 0.6) is 0 Å². The SMILES string of the molecule is CCCCCCCCCCOC(=O)/C=C\C(=O)OCCCCCC. The maximum Gasteiger partial charge on any atom is 0.331 e. The molecule has 0 rings (SSSR count). The maximum absolute atomic E-state index is 11.5. The van der Waals surface area contributed by atoms with Gasteiger partial charge in [-0.1, -0.05) is 78.1 Å². The average Bonchev–Trinajstić information content (AvgIpc) is 2.58. The third kappa shape index (κ3) is 17.0. The van der Waals surface area contributed by atoms with Crippen molar-refractivity contribution in [2.75, 3.05) is 13.2 Å². The molecule has 4 heteroatoms. The highest BCUT2D eigenvalue weighted by molar-refractivity contribution is 5.91. The first-order valence-electron chi connectivity index (χ1n) is 9.72. The summed E-state index contributed by atoms with van der Waals surface area (Å²) in [6, 6.07) is 0. The zero-order valence-electron chi connectivity index (χ0n) is 15.7. The van der Waals surface area contributed by atoms with E-state index in [0.717, 1.165) is 50.7 Å². The van der Waals surface area contributed by atoms with Crippen LogP contribution in [0.25, 0.3) is 0 Å². The third-order valence-electron chi connectivity index (χ3n) is 3.84. The van der Waals surface area contributed by atoms with Gasteiger partial charge in [-0.3, -0.25) is 0 Å². The van der Waals surface area contributed by atoms with E-state index in [4.69, 9.17) is 9.47 Å². The lowest BCUT2D eigenvalue weighted by molar-refractivity contribution is -0.140. The molecule has 24 heavy (non-hydrogen) atoms. The number of hydrogen-bond donors (Lipinski definition) is 0. The first-order valence-corrected chi connectivity index (χ1v) is 9.72. The molecule has 4 nitrogen and oxygen atoms in total. The van der Waals surface area contributed by atoms with Crippen LogP contribution in [0, 0.1) is 0 Å². The van der Waals surface area contributed by atoms with E-state index in [-0.39, 0.29) is 0 Å². The molecule has 0 aromatic rings. The van der Waals surface area contributed by atoms with Crippen molar-refractivity contribution in [3.8, 4) is 0 Å². The van der Waals surface area contributed by atoms with Crippen molar-refractivity contribution in [1.82, 2.24) is 0 Å². The molecule has 0 heterocycles. The molecule has 0 unspecified atom stereocenters. The van der Waals surface area contributed by atoms with Gasteiger partial charge in [0.2, 0.25) is 0 Å². The molecule has 0 aromatic heterocycles. The van der Waals surface area contributed by atoms with Crippen LogP contribution in [0.4, 0.5) is 0 Å². The monoisotopic (exact) mass is 340 g/mol. The second-order valence-electron chi connectivity index (χ2n) is 6.20. The Bertz CT molecular complexity index is 337. The molecule has 0 aliphatic rings. The van der Waals surface area contributed by atoms with E-state index >= 15 is 0 Å². The van der Waals surface area contributed by atoms with Gasteiger partial charge in [-0.05, 0) is 12.8 Å². The van der Waals surface area contributed by atoms with E-state index in [1.165, 1.54) is 38.5 Å². The molecule has 0 spiro atoms. The molecule has 0 fully saturated rings. The van der Waals surface area contributed by atoms with Crippen LogP contribution in [0.2, 0.25) is 0 Å². The number of carbonyl (C=O) groups is 2. The van der Waals surface area contributed by atoms with E-state index in [0.29, 0.717) is 13.2 Å². The van der Waals surface area contributed by atoms with Crippen LogP contribution < -0.4 is 0 Å². The summed E-state index contributed by atoms with van der Waals surface area (Å²) in [4.78, 5) is 22.8. The van der Waals surface area contributed by atoms with Crippen molar-refractivity contribution < 1.29 is 19.1 Å². The van der Waals surface area contributed by atoms with Gasteiger partial charge in [0.25, 0.3) is 0 Å². The first-order chi connectivity index (χ1) is 11.7. The predicted octanol–water partition coefficient (Wildman–Crippen LogP) is 5.35. The van der Waals surface area contributed by atoms with Gasteiger partial charge in [-0.25, -0.2) is 9.59 Å². The van der Waals surface area contributed by atoms with Crippen molar-refractivity contribution in [2.45, 2.75) is 90.9 Å². The molecule has 0 aliphatic heterocycles. The fourth-order valence-electron chi connectivity index (χ4n) is 2.34. The Kier molecular flexibility index (Phi) is 17.0. The highest BCUT2D eigenvalue weighted by Gasteiger charge is 2.01. The summed E-state index contributed by atoms with van der Waals surface area (Å²) in [5.74, 6) is -0.948. The highest BCUT2D eigenvalue weighted by Crippen LogP contribution is 2.08. The van der Waals surface area contributed by atoms with Crippen molar-refractivity contribution in [2.24, 2.45) is 0 Å². The van der Waals surface area contributed by atoms with Crippen LogP contribution in [0.15, 0.2) is 12.2 Å². The van der Waals surface area contributed by atoms with E-state index in [2.05, 4.69) is 13.8 Å². The van der Waals surface area contributed by atoms with Crippen molar-refractivity contribution in [3.05, 3.63) is 12.2 Å². The number of ether oxygens (including phenoxy) is 2. The standard InChI is InChI=1S/C20H36O4/c1-3-5-7-9-10-11-12-14-18-24-20(22)16-15-19(21)23-17-13-8-6-4-2/h15-16H,3-14,17-18H2,1-2H3/b16-15-. The number of esters is 2. The van der Waals surface area contributed by atoms with Gasteiger partial charge in [-0.2, -0.15) is 0 Å². The Morgan fingerprint density at radius 2 is 0.917 bits per heavy atom. The summed E-state index contributed by atoms with van der Waals surface area (Å²) in [6.07, 6.45) is 16.2. The predicted molar refractivity (Wildman–Crippen MR) is 97.8 cm³/mol. The van der Waals surface area contributed by atoms with Gasteiger partial charge >= 0.3 is 11.9 Å². The minimum absolute atomic E-state index is 0.413. The van der Waals surface area contributed by atoms with E-state index < -0.39 is 11.9 Å². The van der Waals surface area contributed by atoms with Gasteiger partial charge in [0.05, 0.1) is 13.2 Å². The molecule has 0 radical (unpaired) electrons. The maximum atomic E-state index is 11.5. The molecule has 140 valence electrons. The Morgan fingerprint density at radius 3 is 1.33 bits per heavy atom. The summed E-state index contributed by atoms with van der Waals surface area (Å²) in [6.45, 7) is 5.19. The Labute approximate surface area is 148 Å². The van der Waals surface area contributed by atoms with Crippen LogP contribution in [-0.4, -0.2) is 25.2 Å². The fourth-order valence-corrected chi connectivity index (χ4v) is 2.34. The summed E-state index contributed by atoms with van der Waals surface area (Å²) < 4.78 is 10.1. The zero-order valence-corrected chi connectivity index (χ0v) is 15.7. The minimum Gasteiger partial charge on any atom is -0.463 e. The van der Waals surface area contributed by atoms with Gasteiger partial charge in [0.15, 0.2) is 0 Å². The van der Waals surface area contributed by atoms with Crippen LogP contribution >= 0.6 is 0 Å². The van der Waals surface area contributed by atoms with E-state index in [1.54, 1.807) is 0 Å². The fraction of sp³-hybridized carbons (Fsp3) is 0.800. The summed E-state index contributed by atoms with van der Waals surface area (Å²) >= 11 is 0. The second-order valence-corrected chi connectivity index (χ2v) is 6.20. The van der Waals surface area contributed by atoms with Gasteiger partial charge in [-0.15, -0.1) is 0 Å². The normalized spacial score (nSPS) is 10.9. The summed E-state index contributed by atoms with van der Waals surface area (Å²) in [7, 11) is 0. The van der Waals surface area contributed by atoms with Gasteiger partial charge in [0.1, 0.15) is 0 Å². The molecule has 0 atom stereocenters. The van der Waals surface area contributed by atoms with Gasteiger partial charge in [0, 0.05) is 12.2 Å². The molecular formula is C20H36O4. The first kappa shape index (κ1) is 22.7. The largest absolute Gasteiger partial charge is 0.463 e. The summed E-state index contributed by atoms with van der Waals surface area (Å²) in [5, 5.41) is 0. The minimum atomic E-state index is -0.476. The van der Waals surface area contributed by atoms with Crippen molar-refractivity contribution in [3.63, 3.8) is 0 Å². The highest BCUT2D eigenvalue weighted by atomic mass is 16.5. The lowest BCUT2D eigenvalue weighted by Gasteiger charge is -2.03. The average molecular weight is 341 g/mol. The number of unbranched alkanes of at least 4 members (excludes halogenated alkanes) is 10. The van der Waals surface area contributed by atoms with E-state index in [1.807, 2.05) is 0 Å². The number of carbonyl (C=O) groups excluding carboxylic acids is 2. The molecule has 0 aliphatic carbocycles. The molecule has 0 amide bonds. The quantitative estimate of drug-likeness (QED) is 0.216. The van der Waals surface area contributed by atoms with Crippen molar-refractivity contribution in [1.29, 1.82) is 0 Å². The molecule has 0 saturated carbocycles. The lowest BCUT2D eigenvalue weighted by atomic mass is 10.1. The van der Waals surface area contributed by atoms with Crippen LogP contribution in [0.1, 0.15) is 90.9 Å². The second kappa shape index (κ2) is 18.0. The molecule has 0 saturated heterocycles. The molecule has 0 aromatic carbocycles. The molecule has 0 bridgehead atoms. The smallest absolute Gasteiger partial charge is 0.331 e. The molecule has 0 N–H and O–H groups in total. The number of rotatable bonds is 16. The Balaban J connectivity index is 3.45. The topological polar surface area (TPSA) is 52.6 Å². The van der Waals surface area contributed by atoms with Crippen molar-refractivity contribution >= 4 is 11.9 Å². The number of hydrogen-bond acceptors (Lipinski definition) is 4.